The first kappa shape index (κ1) is 21.8. The Morgan fingerprint density at radius 3 is 2.68 bits per heavy atom. The summed E-state index contributed by atoms with van der Waals surface area (Å²) in [6.45, 7) is 3.46. The summed E-state index contributed by atoms with van der Waals surface area (Å²) in [6.07, 6.45) is 2.10. The number of nitrogens with zero attached hydrogens (tertiary/aromatic N) is 6. The molecule has 0 aliphatic carbocycles. The van der Waals surface area contributed by atoms with Gasteiger partial charge in [0.25, 0.3) is 0 Å². The van der Waals surface area contributed by atoms with Crippen LogP contribution in [-0.4, -0.2) is 56.2 Å². The third kappa shape index (κ3) is 3.94. The van der Waals surface area contributed by atoms with Crippen molar-refractivity contribution in [2.75, 3.05) is 20.8 Å². The van der Waals surface area contributed by atoms with E-state index in [2.05, 4.69) is 39.4 Å². The number of hydrogen-bond acceptors (Lipinski definition) is 7. The maximum atomic E-state index is 12.7. The lowest BCUT2D eigenvalue weighted by Gasteiger charge is -2.16. The van der Waals surface area contributed by atoms with E-state index < -0.39 is 5.97 Å². The normalized spacial score (nSPS) is 12.0. The van der Waals surface area contributed by atoms with Crippen LogP contribution in [0.3, 0.4) is 0 Å². The molecular formula is C25H26N6O3. The van der Waals surface area contributed by atoms with Crippen molar-refractivity contribution < 1.29 is 14.3 Å². The van der Waals surface area contributed by atoms with Crippen molar-refractivity contribution in [3.8, 4) is 17.1 Å². The number of carbonyl (C=O) groups excluding carboxylic acids is 1. The van der Waals surface area contributed by atoms with Gasteiger partial charge in [0.05, 0.1) is 36.5 Å². The lowest BCUT2D eigenvalue weighted by Crippen LogP contribution is -2.19. The zero-order valence-electron chi connectivity index (χ0n) is 19.4. The fraction of sp³-hybridized carbons (Fsp3) is 0.280. The molecule has 174 valence electrons. The first-order valence-electron chi connectivity index (χ1n) is 11.2. The van der Waals surface area contributed by atoms with Gasteiger partial charge in [-0.15, -0.1) is 5.10 Å². The highest BCUT2D eigenvalue weighted by atomic mass is 16.5. The van der Waals surface area contributed by atoms with Crippen LogP contribution in [0.5, 0.6) is 5.75 Å². The molecule has 3 heterocycles. The van der Waals surface area contributed by atoms with Gasteiger partial charge in [0.1, 0.15) is 17.8 Å². The second kappa shape index (κ2) is 9.11. The molecule has 1 aliphatic rings. The van der Waals surface area contributed by atoms with Gasteiger partial charge in [0.15, 0.2) is 5.69 Å². The Kier molecular flexibility index (Phi) is 5.85. The summed E-state index contributed by atoms with van der Waals surface area (Å²) < 4.78 is 14.5. The number of methoxy groups -OCH3 is 1. The molecule has 0 saturated carbocycles. The molecular weight excluding hydrogens is 432 g/mol. The molecule has 0 amide bonds. The second-order valence-corrected chi connectivity index (χ2v) is 8.21. The largest absolute Gasteiger partial charge is 0.497 e. The Balaban J connectivity index is 1.57. The molecule has 0 radical (unpaired) electrons. The lowest BCUT2D eigenvalue weighted by molar-refractivity contribution is 0.0519. The van der Waals surface area contributed by atoms with Crippen molar-refractivity contribution in [1.82, 2.24) is 29.4 Å². The highest BCUT2D eigenvalue weighted by Gasteiger charge is 2.29. The van der Waals surface area contributed by atoms with Gasteiger partial charge in [0.2, 0.25) is 0 Å². The van der Waals surface area contributed by atoms with Crippen LogP contribution in [0.15, 0.2) is 54.9 Å². The zero-order valence-corrected chi connectivity index (χ0v) is 19.4. The number of benzene rings is 2. The summed E-state index contributed by atoms with van der Waals surface area (Å²) in [4.78, 5) is 19.2. The van der Waals surface area contributed by atoms with E-state index in [9.17, 15) is 4.79 Å². The maximum absolute atomic E-state index is 12.7. The third-order valence-corrected chi connectivity index (χ3v) is 5.90. The Morgan fingerprint density at radius 2 is 1.91 bits per heavy atom. The lowest BCUT2D eigenvalue weighted by atomic mass is 10.1. The van der Waals surface area contributed by atoms with Crippen molar-refractivity contribution in [2.24, 2.45) is 0 Å². The molecule has 5 rings (SSSR count). The van der Waals surface area contributed by atoms with E-state index in [4.69, 9.17) is 9.47 Å². The second-order valence-electron chi connectivity index (χ2n) is 8.21. The third-order valence-electron chi connectivity index (χ3n) is 5.90. The Morgan fingerprint density at radius 1 is 1.09 bits per heavy atom. The fourth-order valence-electron chi connectivity index (χ4n) is 4.32. The van der Waals surface area contributed by atoms with Crippen molar-refractivity contribution in [2.45, 2.75) is 26.4 Å². The summed E-state index contributed by atoms with van der Waals surface area (Å²) in [7, 11) is 3.69. The first-order chi connectivity index (χ1) is 16.6. The predicted molar refractivity (Wildman–Crippen MR) is 125 cm³/mol. The Hall–Kier alpha value is -3.98. The molecule has 0 unspecified atom stereocenters. The maximum Gasteiger partial charge on any atom is 0.358 e. The molecule has 0 spiro atoms. The van der Waals surface area contributed by atoms with E-state index in [0.29, 0.717) is 24.4 Å². The SMILES string of the molecule is CCOC(=O)c1ncn2c1Cc1c(CN(C)Cc3ccccc3)nnn1-c1cc(OC)ccc1-2. The molecule has 9 nitrogen and oxygen atoms in total. The van der Waals surface area contributed by atoms with Crippen LogP contribution in [0.25, 0.3) is 11.4 Å². The van der Waals surface area contributed by atoms with Gasteiger partial charge in [-0.3, -0.25) is 9.47 Å². The van der Waals surface area contributed by atoms with Crippen molar-refractivity contribution in [3.05, 3.63) is 83.2 Å². The van der Waals surface area contributed by atoms with Crippen LogP contribution < -0.4 is 4.74 Å². The minimum Gasteiger partial charge on any atom is -0.497 e. The van der Waals surface area contributed by atoms with Gasteiger partial charge in [-0.2, -0.15) is 0 Å². The summed E-state index contributed by atoms with van der Waals surface area (Å²) >= 11 is 0. The predicted octanol–water partition coefficient (Wildman–Crippen LogP) is 3.17. The average molecular weight is 459 g/mol. The molecule has 4 aromatic rings. The number of carbonyl (C=O) groups is 1. The number of hydrogen-bond donors (Lipinski definition) is 0. The Bertz CT molecular complexity index is 1330. The molecule has 2 aromatic carbocycles. The molecule has 0 atom stereocenters. The van der Waals surface area contributed by atoms with Crippen LogP contribution in [0.2, 0.25) is 0 Å². The van der Waals surface area contributed by atoms with Gasteiger partial charge < -0.3 is 9.47 Å². The topological polar surface area (TPSA) is 87.3 Å². The van der Waals surface area contributed by atoms with E-state index in [1.807, 2.05) is 45.6 Å². The fourth-order valence-corrected chi connectivity index (χ4v) is 4.32. The summed E-state index contributed by atoms with van der Waals surface area (Å²) in [5.41, 5.74) is 5.67. The minimum atomic E-state index is -0.435. The van der Waals surface area contributed by atoms with E-state index in [0.717, 1.165) is 35.0 Å². The minimum absolute atomic E-state index is 0.286. The van der Waals surface area contributed by atoms with Crippen LogP contribution in [0.4, 0.5) is 0 Å². The van der Waals surface area contributed by atoms with Gasteiger partial charge in [-0.1, -0.05) is 35.5 Å². The Labute approximate surface area is 197 Å². The number of fused-ring (bicyclic) bond motifs is 5. The standard InChI is InChI=1S/C25H26N6O3/c1-4-34-25(32)24-23-13-21-19(15-29(2)14-17-8-6-5-7-9-17)27-28-31(21)22-12-18(33-3)10-11-20(22)30(23)16-26-24/h5-12,16H,4,13-15H2,1-3H3. The first-order valence-corrected chi connectivity index (χ1v) is 11.2. The molecule has 0 bridgehead atoms. The number of rotatable bonds is 7. The number of esters is 1. The van der Waals surface area contributed by atoms with Crippen molar-refractivity contribution in [1.29, 1.82) is 0 Å². The number of imidazole rings is 1. The zero-order chi connectivity index (χ0) is 23.7. The van der Waals surface area contributed by atoms with Crippen LogP contribution >= 0.6 is 0 Å². The van der Waals surface area contributed by atoms with Crippen LogP contribution in [-0.2, 0) is 24.2 Å². The highest BCUT2D eigenvalue weighted by Crippen LogP contribution is 2.32. The van der Waals surface area contributed by atoms with E-state index >= 15 is 0 Å². The van der Waals surface area contributed by atoms with Gasteiger partial charge in [-0.05, 0) is 31.7 Å². The molecule has 1 aliphatic heterocycles. The van der Waals surface area contributed by atoms with Gasteiger partial charge in [0, 0.05) is 25.6 Å². The van der Waals surface area contributed by atoms with Crippen LogP contribution in [0, 0.1) is 0 Å². The van der Waals surface area contributed by atoms with Gasteiger partial charge in [-0.25, -0.2) is 14.5 Å². The highest BCUT2D eigenvalue weighted by molar-refractivity contribution is 5.89. The molecule has 9 heteroatoms. The molecule has 2 aromatic heterocycles. The van der Waals surface area contributed by atoms with Crippen molar-refractivity contribution >= 4 is 5.97 Å². The van der Waals surface area contributed by atoms with Crippen molar-refractivity contribution in [3.63, 3.8) is 0 Å². The van der Waals surface area contributed by atoms with E-state index in [-0.39, 0.29) is 6.61 Å². The average Bonchev–Trinajstić information content (AvgIpc) is 3.41. The molecule has 0 saturated heterocycles. The smallest absolute Gasteiger partial charge is 0.358 e. The number of aromatic nitrogens is 5. The van der Waals surface area contributed by atoms with E-state index in [1.54, 1.807) is 20.4 Å². The quantitative estimate of drug-likeness (QED) is 0.346. The number of ether oxygens (including phenoxy) is 2. The summed E-state index contributed by atoms with van der Waals surface area (Å²) in [6, 6.07) is 16.0. The molecule has 34 heavy (non-hydrogen) atoms. The van der Waals surface area contributed by atoms with Crippen LogP contribution in [0.1, 0.15) is 40.1 Å². The summed E-state index contributed by atoms with van der Waals surface area (Å²) in [5, 5.41) is 9.03. The molecule has 0 fully saturated rings. The van der Waals surface area contributed by atoms with E-state index in [1.165, 1.54) is 5.56 Å². The van der Waals surface area contributed by atoms with Gasteiger partial charge >= 0.3 is 5.97 Å². The monoisotopic (exact) mass is 458 g/mol. The molecule has 0 N–H and O–H groups in total. The summed E-state index contributed by atoms with van der Waals surface area (Å²) in [5.74, 6) is 0.270.